The summed E-state index contributed by atoms with van der Waals surface area (Å²) in [6.45, 7) is 2.21. The molecule has 2 saturated heterocycles. The molecular formula is C13H22N2OS. The Morgan fingerprint density at radius 1 is 1.53 bits per heavy atom. The van der Waals surface area contributed by atoms with Crippen molar-refractivity contribution in [1.82, 2.24) is 10.2 Å². The van der Waals surface area contributed by atoms with Crippen LogP contribution in [0.2, 0.25) is 0 Å². The molecule has 0 aromatic rings. The van der Waals surface area contributed by atoms with Gasteiger partial charge in [-0.3, -0.25) is 10.1 Å². The topological polar surface area (TPSA) is 32.3 Å². The zero-order chi connectivity index (χ0) is 11.9. The Hall–Kier alpha value is -0.220. The lowest BCUT2D eigenvalue weighted by Crippen LogP contribution is -2.46. The number of amides is 1. The number of nitrogens with one attached hydrogen (secondary N) is 1. The van der Waals surface area contributed by atoms with Gasteiger partial charge in [-0.25, -0.2) is 0 Å². The van der Waals surface area contributed by atoms with Gasteiger partial charge in [0, 0.05) is 11.8 Å². The molecule has 1 spiro atoms. The third kappa shape index (κ3) is 1.99. The summed E-state index contributed by atoms with van der Waals surface area (Å²) >= 11 is 2.01. The fraction of sp³-hybridized carbons (Fsp3) is 0.923. The summed E-state index contributed by atoms with van der Waals surface area (Å²) < 4.78 is 0. The lowest BCUT2D eigenvalue weighted by Gasteiger charge is -2.34. The van der Waals surface area contributed by atoms with Gasteiger partial charge in [-0.15, -0.1) is 0 Å². The Labute approximate surface area is 108 Å². The van der Waals surface area contributed by atoms with Crippen LogP contribution in [0.1, 0.15) is 45.4 Å². The Balaban J connectivity index is 1.76. The zero-order valence-electron chi connectivity index (χ0n) is 10.6. The van der Waals surface area contributed by atoms with E-state index in [9.17, 15) is 4.79 Å². The van der Waals surface area contributed by atoms with Crippen molar-refractivity contribution in [2.24, 2.45) is 0 Å². The van der Waals surface area contributed by atoms with Gasteiger partial charge in [-0.05, 0) is 37.9 Å². The zero-order valence-corrected chi connectivity index (χ0v) is 11.4. The van der Waals surface area contributed by atoms with Crippen LogP contribution in [0, 0.1) is 0 Å². The van der Waals surface area contributed by atoms with Crippen LogP contribution in [-0.2, 0) is 4.79 Å². The van der Waals surface area contributed by atoms with E-state index in [0.29, 0.717) is 18.1 Å². The predicted octanol–water partition coefficient (Wildman–Crippen LogP) is 1.97. The standard InChI is InChI=1S/C13H22N2OS/c1-2-4-11-14-13(6-7-13)12(16)15(11)10-5-3-8-17-9-10/h10-11,14H,2-9H2,1H3. The summed E-state index contributed by atoms with van der Waals surface area (Å²) in [6, 6.07) is 0.491. The first-order chi connectivity index (χ1) is 8.27. The van der Waals surface area contributed by atoms with Crippen molar-refractivity contribution in [1.29, 1.82) is 0 Å². The molecule has 3 aliphatic rings. The van der Waals surface area contributed by atoms with Crippen molar-refractivity contribution in [3.05, 3.63) is 0 Å². The van der Waals surface area contributed by atoms with Crippen LogP contribution in [0.3, 0.4) is 0 Å². The molecule has 0 bridgehead atoms. The van der Waals surface area contributed by atoms with Crippen LogP contribution in [-0.4, -0.2) is 40.1 Å². The average molecular weight is 254 g/mol. The summed E-state index contributed by atoms with van der Waals surface area (Å²) in [6.07, 6.45) is 7.16. The van der Waals surface area contributed by atoms with E-state index in [1.54, 1.807) is 0 Å². The van der Waals surface area contributed by atoms with E-state index in [2.05, 4.69) is 17.1 Å². The number of carbonyl (C=O) groups is 1. The molecule has 3 nitrogen and oxygen atoms in total. The minimum atomic E-state index is -0.123. The molecule has 3 rings (SSSR count). The van der Waals surface area contributed by atoms with Crippen LogP contribution >= 0.6 is 11.8 Å². The normalized spacial score (nSPS) is 35.6. The van der Waals surface area contributed by atoms with Gasteiger partial charge in [0.25, 0.3) is 0 Å². The fourth-order valence-corrected chi connectivity index (χ4v) is 4.31. The van der Waals surface area contributed by atoms with Gasteiger partial charge < -0.3 is 4.90 Å². The van der Waals surface area contributed by atoms with Gasteiger partial charge in [0.1, 0.15) is 0 Å². The highest BCUT2D eigenvalue weighted by molar-refractivity contribution is 7.99. The van der Waals surface area contributed by atoms with Gasteiger partial charge >= 0.3 is 0 Å². The van der Waals surface area contributed by atoms with Crippen LogP contribution in [0.5, 0.6) is 0 Å². The van der Waals surface area contributed by atoms with Crippen molar-refractivity contribution in [3.8, 4) is 0 Å². The Morgan fingerprint density at radius 3 is 2.94 bits per heavy atom. The van der Waals surface area contributed by atoms with Crippen molar-refractivity contribution in [2.45, 2.75) is 63.2 Å². The van der Waals surface area contributed by atoms with Crippen LogP contribution in [0.25, 0.3) is 0 Å². The second-order valence-electron chi connectivity index (χ2n) is 5.61. The Kier molecular flexibility index (Phi) is 3.11. The first kappa shape index (κ1) is 11.8. The molecule has 2 unspecified atom stereocenters. The Morgan fingerprint density at radius 2 is 2.35 bits per heavy atom. The van der Waals surface area contributed by atoms with Crippen molar-refractivity contribution >= 4 is 17.7 Å². The van der Waals surface area contributed by atoms with E-state index >= 15 is 0 Å². The van der Waals surface area contributed by atoms with E-state index in [0.717, 1.165) is 31.4 Å². The molecule has 4 heteroatoms. The third-order valence-electron chi connectivity index (χ3n) is 4.26. The second-order valence-corrected chi connectivity index (χ2v) is 6.76. The van der Waals surface area contributed by atoms with Gasteiger partial charge in [-0.2, -0.15) is 11.8 Å². The maximum atomic E-state index is 12.5. The SMILES string of the molecule is CCCC1NC2(CC2)C(=O)N1C1CCCSC1. The maximum Gasteiger partial charge on any atom is 0.244 e. The monoisotopic (exact) mass is 254 g/mol. The largest absolute Gasteiger partial charge is 0.322 e. The molecule has 2 heterocycles. The molecule has 1 aliphatic carbocycles. The molecule has 96 valence electrons. The second kappa shape index (κ2) is 4.47. The van der Waals surface area contributed by atoms with Crippen molar-refractivity contribution in [2.75, 3.05) is 11.5 Å². The molecule has 1 saturated carbocycles. The summed E-state index contributed by atoms with van der Waals surface area (Å²) in [5.41, 5.74) is -0.123. The maximum absolute atomic E-state index is 12.5. The molecule has 0 aromatic heterocycles. The molecule has 2 aliphatic heterocycles. The minimum Gasteiger partial charge on any atom is -0.322 e. The van der Waals surface area contributed by atoms with E-state index in [4.69, 9.17) is 0 Å². The van der Waals surface area contributed by atoms with Crippen LogP contribution in [0.15, 0.2) is 0 Å². The summed E-state index contributed by atoms with van der Waals surface area (Å²) in [5.74, 6) is 2.82. The number of hydrogen-bond acceptors (Lipinski definition) is 3. The fourth-order valence-electron chi connectivity index (χ4n) is 3.17. The average Bonchev–Trinajstić information content (AvgIpc) is 3.06. The number of nitrogens with zero attached hydrogens (tertiary/aromatic N) is 1. The first-order valence-corrected chi connectivity index (χ1v) is 8.10. The van der Waals surface area contributed by atoms with Crippen LogP contribution in [0.4, 0.5) is 0 Å². The van der Waals surface area contributed by atoms with Gasteiger partial charge in [0.2, 0.25) is 5.91 Å². The van der Waals surface area contributed by atoms with E-state index < -0.39 is 0 Å². The highest BCUT2D eigenvalue weighted by Crippen LogP contribution is 2.44. The number of rotatable bonds is 3. The first-order valence-electron chi connectivity index (χ1n) is 6.95. The summed E-state index contributed by atoms with van der Waals surface area (Å²) in [4.78, 5) is 14.7. The van der Waals surface area contributed by atoms with Crippen molar-refractivity contribution in [3.63, 3.8) is 0 Å². The van der Waals surface area contributed by atoms with Gasteiger partial charge in [0.15, 0.2) is 0 Å². The van der Waals surface area contributed by atoms with E-state index in [1.807, 2.05) is 11.8 Å². The molecule has 0 aromatic carbocycles. The highest BCUT2D eigenvalue weighted by atomic mass is 32.2. The summed E-state index contributed by atoms with van der Waals surface area (Å²) in [7, 11) is 0. The summed E-state index contributed by atoms with van der Waals surface area (Å²) in [5, 5.41) is 3.61. The molecule has 1 N–H and O–H groups in total. The number of hydrogen-bond donors (Lipinski definition) is 1. The molecular weight excluding hydrogens is 232 g/mol. The van der Waals surface area contributed by atoms with Crippen molar-refractivity contribution < 1.29 is 4.79 Å². The lowest BCUT2D eigenvalue weighted by atomic mass is 10.1. The smallest absolute Gasteiger partial charge is 0.244 e. The van der Waals surface area contributed by atoms with E-state index in [-0.39, 0.29) is 5.54 Å². The predicted molar refractivity (Wildman–Crippen MR) is 71.0 cm³/mol. The van der Waals surface area contributed by atoms with E-state index in [1.165, 1.54) is 18.6 Å². The molecule has 17 heavy (non-hydrogen) atoms. The minimum absolute atomic E-state index is 0.123. The third-order valence-corrected chi connectivity index (χ3v) is 5.46. The molecule has 0 radical (unpaired) electrons. The van der Waals surface area contributed by atoms with Gasteiger partial charge in [0.05, 0.1) is 11.7 Å². The quantitative estimate of drug-likeness (QED) is 0.836. The molecule has 2 atom stereocenters. The molecule has 3 fully saturated rings. The molecule has 1 amide bonds. The van der Waals surface area contributed by atoms with Crippen LogP contribution < -0.4 is 5.32 Å². The Bertz CT molecular complexity index is 311. The number of carbonyl (C=O) groups excluding carboxylic acids is 1. The van der Waals surface area contributed by atoms with Gasteiger partial charge in [-0.1, -0.05) is 13.3 Å². The number of thioether (sulfide) groups is 1. The highest BCUT2D eigenvalue weighted by Gasteiger charge is 2.59. The lowest BCUT2D eigenvalue weighted by molar-refractivity contribution is -0.132.